The van der Waals surface area contributed by atoms with Crippen LogP contribution >= 0.6 is 0 Å². The molecular weight excluding hydrogens is 356 g/mol. The Balaban J connectivity index is 1.71. The molecule has 2 aromatic rings. The van der Waals surface area contributed by atoms with Gasteiger partial charge >= 0.3 is 5.97 Å². The van der Waals surface area contributed by atoms with Crippen LogP contribution in [0.1, 0.15) is 31.2 Å². The molecular formula is C22H24N2O4. The average molecular weight is 380 g/mol. The Morgan fingerprint density at radius 3 is 2.11 bits per heavy atom. The molecule has 3 rings (SSSR count). The van der Waals surface area contributed by atoms with E-state index in [1.54, 1.807) is 12.1 Å². The van der Waals surface area contributed by atoms with Crippen molar-refractivity contribution in [3.63, 3.8) is 0 Å². The normalized spacial score (nSPS) is 15.7. The predicted molar refractivity (Wildman–Crippen MR) is 106 cm³/mol. The Morgan fingerprint density at radius 2 is 1.57 bits per heavy atom. The van der Waals surface area contributed by atoms with E-state index in [9.17, 15) is 19.5 Å². The van der Waals surface area contributed by atoms with Gasteiger partial charge in [0, 0.05) is 18.5 Å². The van der Waals surface area contributed by atoms with Crippen LogP contribution in [0, 0.1) is 5.41 Å². The topological polar surface area (TPSA) is 95.5 Å². The number of aliphatic carboxylic acids is 1. The fraction of sp³-hybridized carbons (Fsp3) is 0.318. The lowest BCUT2D eigenvalue weighted by molar-refractivity contribution is -0.157. The van der Waals surface area contributed by atoms with E-state index in [0.29, 0.717) is 24.9 Å². The summed E-state index contributed by atoms with van der Waals surface area (Å²) in [5.41, 5.74) is 0.561. The number of carboxylic acids is 1. The summed E-state index contributed by atoms with van der Waals surface area (Å²) in [4.78, 5) is 36.9. The molecule has 1 unspecified atom stereocenters. The highest BCUT2D eigenvalue weighted by Gasteiger charge is 2.46. The quantitative estimate of drug-likeness (QED) is 0.656. The van der Waals surface area contributed by atoms with Crippen molar-refractivity contribution >= 4 is 23.5 Å². The number of carbonyl (C=O) groups is 3. The SMILES string of the molecule is O=C(CC1(C(=O)O)CCC1)NC(Cc1ccccc1)C(=O)Nc1ccccc1. The van der Waals surface area contributed by atoms with Crippen LogP contribution in [0.15, 0.2) is 60.7 Å². The van der Waals surface area contributed by atoms with Crippen LogP contribution in [0.25, 0.3) is 0 Å². The molecule has 3 N–H and O–H groups in total. The van der Waals surface area contributed by atoms with Gasteiger partial charge in [0.25, 0.3) is 0 Å². The number of nitrogens with one attached hydrogen (secondary N) is 2. The van der Waals surface area contributed by atoms with E-state index in [1.165, 1.54) is 0 Å². The van der Waals surface area contributed by atoms with Gasteiger partial charge < -0.3 is 15.7 Å². The van der Waals surface area contributed by atoms with Gasteiger partial charge in [-0.15, -0.1) is 0 Å². The van der Waals surface area contributed by atoms with E-state index in [-0.39, 0.29) is 12.3 Å². The molecule has 1 aliphatic rings. The molecule has 1 atom stereocenters. The third-order valence-corrected chi connectivity index (χ3v) is 5.24. The monoisotopic (exact) mass is 380 g/mol. The summed E-state index contributed by atoms with van der Waals surface area (Å²) in [5.74, 6) is -1.69. The Kier molecular flexibility index (Phi) is 6.09. The van der Waals surface area contributed by atoms with E-state index in [2.05, 4.69) is 10.6 Å². The minimum absolute atomic E-state index is 0.105. The highest BCUT2D eigenvalue weighted by Crippen LogP contribution is 2.44. The molecule has 0 aliphatic heterocycles. The van der Waals surface area contributed by atoms with Gasteiger partial charge in [-0.25, -0.2) is 0 Å². The second-order valence-corrected chi connectivity index (χ2v) is 7.28. The number of hydrogen-bond acceptors (Lipinski definition) is 3. The number of carboxylic acid groups (broad SMARTS) is 1. The minimum Gasteiger partial charge on any atom is -0.481 e. The molecule has 0 heterocycles. The van der Waals surface area contributed by atoms with Crippen molar-refractivity contribution in [3.8, 4) is 0 Å². The zero-order valence-electron chi connectivity index (χ0n) is 15.6. The summed E-state index contributed by atoms with van der Waals surface area (Å²) in [6.45, 7) is 0. The summed E-state index contributed by atoms with van der Waals surface area (Å²) >= 11 is 0. The van der Waals surface area contributed by atoms with Gasteiger partial charge in [-0.1, -0.05) is 55.0 Å². The number of para-hydroxylation sites is 1. The first-order valence-electron chi connectivity index (χ1n) is 9.41. The molecule has 28 heavy (non-hydrogen) atoms. The number of benzene rings is 2. The summed E-state index contributed by atoms with van der Waals surface area (Å²) < 4.78 is 0. The van der Waals surface area contributed by atoms with Crippen molar-refractivity contribution in [2.24, 2.45) is 5.41 Å². The summed E-state index contributed by atoms with van der Waals surface area (Å²) in [6.07, 6.45) is 2.02. The van der Waals surface area contributed by atoms with Crippen molar-refractivity contribution in [2.75, 3.05) is 5.32 Å². The molecule has 6 heteroatoms. The molecule has 0 spiro atoms. The van der Waals surface area contributed by atoms with Crippen molar-refractivity contribution in [3.05, 3.63) is 66.2 Å². The fourth-order valence-corrected chi connectivity index (χ4v) is 3.43. The lowest BCUT2D eigenvalue weighted by Crippen LogP contribution is -2.49. The first-order valence-corrected chi connectivity index (χ1v) is 9.41. The van der Waals surface area contributed by atoms with Gasteiger partial charge in [-0.3, -0.25) is 14.4 Å². The predicted octanol–water partition coefficient (Wildman–Crippen LogP) is 3.00. The molecule has 0 aromatic heterocycles. The number of hydrogen-bond donors (Lipinski definition) is 3. The van der Waals surface area contributed by atoms with Crippen molar-refractivity contribution in [1.29, 1.82) is 0 Å². The highest BCUT2D eigenvalue weighted by atomic mass is 16.4. The molecule has 1 aliphatic carbocycles. The van der Waals surface area contributed by atoms with Gasteiger partial charge in [0.15, 0.2) is 0 Å². The van der Waals surface area contributed by atoms with Crippen molar-refractivity contribution in [2.45, 2.75) is 38.1 Å². The summed E-state index contributed by atoms with van der Waals surface area (Å²) in [6, 6.07) is 17.6. The van der Waals surface area contributed by atoms with Crippen LogP contribution in [-0.4, -0.2) is 28.9 Å². The number of carbonyl (C=O) groups excluding carboxylic acids is 2. The second-order valence-electron chi connectivity index (χ2n) is 7.28. The van der Waals surface area contributed by atoms with Gasteiger partial charge in [0.05, 0.1) is 5.41 Å². The third kappa shape index (κ3) is 4.76. The van der Waals surface area contributed by atoms with Gasteiger partial charge in [-0.05, 0) is 30.5 Å². The number of anilines is 1. The number of amides is 2. The summed E-state index contributed by atoms with van der Waals surface area (Å²) in [7, 11) is 0. The average Bonchev–Trinajstić information content (AvgIpc) is 2.65. The van der Waals surface area contributed by atoms with Crippen LogP contribution < -0.4 is 10.6 Å². The Bertz CT molecular complexity index is 832. The van der Waals surface area contributed by atoms with Gasteiger partial charge in [0.2, 0.25) is 11.8 Å². The van der Waals surface area contributed by atoms with E-state index in [0.717, 1.165) is 12.0 Å². The molecule has 2 amide bonds. The van der Waals surface area contributed by atoms with Gasteiger partial charge in [-0.2, -0.15) is 0 Å². The lowest BCUT2D eigenvalue weighted by Gasteiger charge is -2.37. The van der Waals surface area contributed by atoms with Gasteiger partial charge in [0.1, 0.15) is 6.04 Å². The zero-order valence-corrected chi connectivity index (χ0v) is 15.6. The zero-order chi connectivity index (χ0) is 20.0. The molecule has 146 valence electrons. The molecule has 0 radical (unpaired) electrons. The fourth-order valence-electron chi connectivity index (χ4n) is 3.43. The Labute approximate surface area is 164 Å². The van der Waals surface area contributed by atoms with E-state index >= 15 is 0 Å². The molecule has 2 aromatic carbocycles. The Hall–Kier alpha value is -3.15. The first-order chi connectivity index (χ1) is 13.5. The molecule has 1 saturated carbocycles. The number of rotatable bonds is 8. The van der Waals surface area contributed by atoms with Crippen LogP contribution in [0.5, 0.6) is 0 Å². The van der Waals surface area contributed by atoms with E-state index < -0.39 is 23.3 Å². The highest BCUT2D eigenvalue weighted by molar-refractivity contribution is 5.98. The van der Waals surface area contributed by atoms with E-state index in [4.69, 9.17) is 0 Å². The van der Waals surface area contributed by atoms with Crippen LogP contribution in [-0.2, 0) is 20.8 Å². The molecule has 6 nitrogen and oxygen atoms in total. The van der Waals surface area contributed by atoms with Crippen LogP contribution in [0.2, 0.25) is 0 Å². The largest absolute Gasteiger partial charge is 0.481 e. The smallest absolute Gasteiger partial charge is 0.310 e. The van der Waals surface area contributed by atoms with Crippen LogP contribution in [0.4, 0.5) is 5.69 Å². The third-order valence-electron chi connectivity index (χ3n) is 5.24. The first kappa shape index (κ1) is 19.6. The molecule has 0 saturated heterocycles. The van der Waals surface area contributed by atoms with Crippen molar-refractivity contribution in [1.82, 2.24) is 5.32 Å². The standard InChI is InChI=1S/C22H24N2O4/c25-19(15-22(21(27)28)12-7-13-22)24-18(14-16-8-3-1-4-9-16)20(26)23-17-10-5-2-6-11-17/h1-6,8-11,18H,7,12-15H2,(H,23,26)(H,24,25)(H,27,28). The lowest BCUT2D eigenvalue weighted by atomic mass is 9.66. The maximum atomic E-state index is 12.8. The Morgan fingerprint density at radius 1 is 0.964 bits per heavy atom. The molecule has 0 bridgehead atoms. The molecule has 1 fully saturated rings. The van der Waals surface area contributed by atoms with E-state index in [1.807, 2.05) is 48.5 Å². The van der Waals surface area contributed by atoms with Crippen LogP contribution in [0.3, 0.4) is 0 Å². The minimum atomic E-state index is -0.989. The van der Waals surface area contributed by atoms with Crippen molar-refractivity contribution < 1.29 is 19.5 Å². The maximum Gasteiger partial charge on any atom is 0.310 e. The summed E-state index contributed by atoms with van der Waals surface area (Å²) in [5, 5.41) is 15.0. The second kappa shape index (κ2) is 8.69. The maximum absolute atomic E-state index is 12.8.